The molecule has 3 rings (SSSR count). The first-order valence-corrected chi connectivity index (χ1v) is 6.72. The van der Waals surface area contributed by atoms with Gasteiger partial charge in [0.25, 0.3) is 0 Å². The molecule has 0 unspecified atom stereocenters. The summed E-state index contributed by atoms with van der Waals surface area (Å²) >= 11 is 0. The van der Waals surface area contributed by atoms with Crippen molar-refractivity contribution in [3.63, 3.8) is 0 Å². The van der Waals surface area contributed by atoms with Crippen molar-refractivity contribution in [2.75, 3.05) is 13.2 Å². The Bertz CT molecular complexity index is 498. The number of phenols is 1. The maximum atomic E-state index is 14.4. The molecule has 1 fully saturated rings. The molecule has 1 aromatic rings. The van der Waals surface area contributed by atoms with E-state index in [0.717, 1.165) is 19.3 Å². The van der Waals surface area contributed by atoms with Crippen LogP contribution in [0.3, 0.4) is 0 Å². The molecule has 0 aromatic heterocycles. The van der Waals surface area contributed by atoms with Crippen LogP contribution in [0.1, 0.15) is 37.7 Å². The van der Waals surface area contributed by atoms with E-state index in [1.54, 1.807) is 0 Å². The SMILES string of the molecule is NC1(c2c(F)c(O)cc3c2OCCO3)CCCCC1. The van der Waals surface area contributed by atoms with Gasteiger partial charge in [-0.1, -0.05) is 19.3 Å². The quantitative estimate of drug-likeness (QED) is 0.820. The molecular formula is C14H18FNO3. The Morgan fingerprint density at radius 3 is 2.58 bits per heavy atom. The first-order valence-electron chi connectivity index (χ1n) is 6.72. The zero-order valence-corrected chi connectivity index (χ0v) is 10.7. The highest BCUT2D eigenvalue weighted by molar-refractivity contribution is 5.56. The molecule has 104 valence electrons. The molecule has 0 bridgehead atoms. The minimum atomic E-state index is -0.772. The topological polar surface area (TPSA) is 64.7 Å². The van der Waals surface area contributed by atoms with Gasteiger partial charge in [-0.05, 0) is 12.8 Å². The summed E-state index contributed by atoms with van der Waals surface area (Å²) in [7, 11) is 0. The van der Waals surface area contributed by atoms with Crippen molar-refractivity contribution in [2.24, 2.45) is 5.73 Å². The largest absolute Gasteiger partial charge is 0.505 e. The van der Waals surface area contributed by atoms with Gasteiger partial charge in [-0.2, -0.15) is 0 Å². The molecule has 0 saturated heterocycles. The van der Waals surface area contributed by atoms with Crippen LogP contribution in [0.2, 0.25) is 0 Å². The second-order valence-electron chi connectivity index (χ2n) is 5.33. The van der Waals surface area contributed by atoms with Crippen LogP contribution in [-0.4, -0.2) is 18.3 Å². The number of ether oxygens (including phenoxy) is 2. The van der Waals surface area contributed by atoms with Gasteiger partial charge in [-0.3, -0.25) is 0 Å². The van der Waals surface area contributed by atoms with Crippen LogP contribution < -0.4 is 15.2 Å². The van der Waals surface area contributed by atoms with Crippen LogP contribution >= 0.6 is 0 Å². The van der Waals surface area contributed by atoms with Gasteiger partial charge in [0.2, 0.25) is 0 Å². The number of hydrogen-bond acceptors (Lipinski definition) is 4. The van der Waals surface area contributed by atoms with Crippen molar-refractivity contribution < 1.29 is 19.0 Å². The molecule has 0 radical (unpaired) electrons. The Kier molecular flexibility index (Phi) is 3.01. The van der Waals surface area contributed by atoms with Gasteiger partial charge < -0.3 is 20.3 Å². The highest BCUT2D eigenvalue weighted by Gasteiger charge is 2.38. The number of nitrogens with two attached hydrogens (primary N) is 1. The van der Waals surface area contributed by atoms with Crippen molar-refractivity contribution in [1.82, 2.24) is 0 Å². The third-order valence-corrected chi connectivity index (χ3v) is 3.99. The Labute approximate surface area is 111 Å². The molecule has 3 N–H and O–H groups in total. The minimum absolute atomic E-state index is 0.280. The molecule has 1 saturated carbocycles. The summed E-state index contributed by atoms with van der Waals surface area (Å²) in [5, 5.41) is 9.74. The predicted molar refractivity (Wildman–Crippen MR) is 68.0 cm³/mol. The van der Waals surface area contributed by atoms with E-state index in [1.165, 1.54) is 6.07 Å². The van der Waals surface area contributed by atoms with E-state index in [9.17, 15) is 9.50 Å². The summed E-state index contributed by atoms with van der Waals surface area (Å²) in [6, 6.07) is 1.26. The average molecular weight is 267 g/mol. The Hall–Kier alpha value is -1.49. The zero-order valence-electron chi connectivity index (χ0n) is 10.7. The molecule has 0 amide bonds. The lowest BCUT2D eigenvalue weighted by Crippen LogP contribution is -2.40. The number of halogens is 1. The fourth-order valence-corrected chi connectivity index (χ4v) is 3.03. The molecular weight excluding hydrogens is 249 g/mol. The third-order valence-electron chi connectivity index (χ3n) is 3.99. The normalized spacial score (nSPS) is 21.2. The van der Waals surface area contributed by atoms with Gasteiger partial charge in [-0.25, -0.2) is 4.39 Å². The van der Waals surface area contributed by atoms with Gasteiger partial charge in [0.05, 0.1) is 5.56 Å². The summed E-state index contributed by atoms with van der Waals surface area (Å²) in [5.74, 6) is -0.343. The van der Waals surface area contributed by atoms with Crippen LogP contribution in [0, 0.1) is 5.82 Å². The maximum absolute atomic E-state index is 14.4. The van der Waals surface area contributed by atoms with E-state index in [2.05, 4.69) is 0 Å². The highest BCUT2D eigenvalue weighted by atomic mass is 19.1. The second kappa shape index (κ2) is 4.56. The summed E-state index contributed by atoms with van der Waals surface area (Å²) in [4.78, 5) is 0. The monoisotopic (exact) mass is 267 g/mol. The van der Waals surface area contributed by atoms with Gasteiger partial charge in [0.1, 0.15) is 13.2 Å². The first kappa shape index (κ1) is 12.5. The number of benzene rings is 1. The van der Waals surface area contributed by atoms with Crippen molar-refractivity contribution in [3.05, 3.63) is 17.4 Å². The molecule has 1 aromatic carbocycles. The Morgan fingerprint density at radius 1 is 1.16 bits per heavy atom. The number of fused-ring (bicyclic) bond motifs is 1. The molecule has 1 heterocycles. The molecule has 2 aliphatic rings. The molecule has 1 aliphatic carbocycles. The number of aromatic hydroxyl groups is 1. The Balaban J connectivity index is 2.15. The van der Waals surface area contributed by atoms with E-state index in [4.69, 9.17) is 15.2 Å². The minimum Gasteiger partial charge on any atom is -0.505 e. The molecule has 4 nitrogen and oxygen atoms in total. The standard InChI is InChI=1S/C14H18FNO3/c15-12-9(17)8-10-13(19-7-6-18-10)11(12)14(16)4-2-1-3-5-14/h8,17H,1-7,16H2. The summed E-state index contributed by atoms with van der Waals surface area (Å²) in [5.41, 5.74) is 5.90. The number of rotatable bonds is 1. The Morgan fingerprint density at radius 2 is 1.84 bits per heavy atom. The van der Waals surface area contributed by atoms with Crippen molar-refractivity contribution in [1.29, 1.82) is 0 Å². The molecule has 0 atom stereocenters. The lowest BCUT2D eigenvalue weighted by atomic mass is 9.76. The second-order valence-corrected chi connectivity index (χ2v) is 5.33. The van der Waals surface area contributed by atoms with Crippen molar-refractivity contribution in [3.8, 4) is 17.2 Å². The molecule has 5 heteroatoms. The lowest BCUT2D eigenvalue weighted by Gasteiger charge is -2.36. The molecule has 0 spiro atoms. The summed E-state index contributed by atoms with van der Waals surface area (Å²) in [6.07, 6.45) is 4.42. The summed E-state index contributed by atoms with van der Waals surface area (Å²) in [6.45, 7) is 0.773. The van der Waals surface area contributed by atoms with Crippen molar-refractivity contribution in [2.45, 2.75) is 37.6 Å². The van der Waals surface area contributed by atoms with E-state index < -0.39 is 17.1 Å². The van der Waals surface area contributed by atoms with Crippen LogP contribution in [0.25, 0.3) is 0 Å². The number of hydrogen-bond donors (Lipinski definition) is 2. The average Bonchev–Trinajstić information content (AvgIpc) is 2.40. The smallest absolute Gasteiger partial charge is 0.173 e. The van der Waals surface area contributed by atoms with Crippen molar-refractivity contribution >= 4 is 0 Å². The van der Waals surface area contributed by atoms with E-state index in [-0.39, 0.29) is 5.56 Å². The molecule has 19 heavy (non-hydrogen) atoms. The van der Waals surface area contributed by atoms with Gasteiger partial charge in [-0.15, -0.1) is 0 Å². The van der Waals surface area contributed by atoms with Gasteiger partial charge in [0, 0.05) is 11.6 Å². The van der Waals surface area contributed by atoms with Crippen LogP contribution in [0.15, 0.2) is 6.07 Å². The van der Waals surface area contributed by atoms with Gasteiger partial charge >= 0.3 is 0 Å². The maximum Gasteiger partial charge on any atom is 0.173 e. The predicted octanol–water partition coefficient (Wildman–Crippen LogP) is 2.42. The first-order chi connectivity index (χ1) is 9.12. The zero-order chi connectivity index (χ0) is 13.5. The van der Waals surface area contributed by atoms with Gasteiger partial charge in [0.15, 0.2) is 23.1 Å². The summed E-state index contributed by atoms with van der Waals surface area (Å²) < 4.78 is 25.3. The van der Waals surface area contributed by atoms with Crippen LogP contribution in [0.4, 0.5) is 4.39 Å². The van der Waals surface area contributed by atoms with E-state index >= 15 is 0 Å². The third kappa shape index (κ3) is 2.02. The van der Waals surface area contributed by atoms with E-state index in [1.807, 2.05) is 0 Å². The van der Waals surface area contributed by atoms with Crippen LogP contribution in [0.5, 0.6) is 17.2 Å². The highest BCUT2D eigenvalue weighted by Crippen LogP contribution is 2.48. The number of phenolic OH excluding ortho intramolecular Hbond substituents is 1. The fraction of sp³-hybridized carbons (Fsp3) is 0.571. The lowest BCUT2D eigenvalue weighted by molar-refractivity contribution is 0.160. The fourth-order valence-electron chi connectivity index (χ4n) is 3.03. The van der Waals surface area contributed by atoms with E-state index in [0.29, 0.717) is 37.6 Å². The van der Waals surface area contributed by atoms with Crippen LogP contribution in [-0.2, 0) is 5.54 Å². The molecule has 1 aliphatic heterocycles.